The molecule has 0 fully saturated rings. The van der Waals surface area contributed by atoms with Crippen molar-refractivity contribution >= 4 is 17.8 Å². The van der Waals surface area contributed by atoms with E-state index in [0.717, 1.165) is 23.0 Å². The van der Waals surface area contributed by atoms with Gasteiger partial charge >= 0.3 is 0 Å². The number of benzene rings is 3. The topological polar surface area (TPSA) is 54.4 Å². The monoisotopic (exact) mass is 368 g/mol. The largest absolute Gasteiger partial charge is 0.507 e. The van der Waals surface area contributed by atoms with Crippen LogP contribution in [0.3, 0.4) is 0 Å². The Bertz CT molecular complexity index is 1080. The molecule has 0 saturated heterocycles. The van der Waals surface area contributed by atoms with Crippen LogP contribution in [-0.4, -0.2) is 17.2 Å². The van der Waals surface area contributed by atoms with Gasteiger partial charge in [-0.2, -0.15) is 0 Å². The second-order valence-corrected chi connectivity index (χ2v) is 7.04. The van der Waals surface area contributed by atoms with Crippen molar-refractivity contribution in [2.75, 3.05) is 0 Å². The van der Waals surface area contributed by atoms with Gasteiger partial charge < -0.3 is 9.90 Å². The fourth-order valence-corrected chi connectivity index (χ4v) is 4.08. The van der Waals surface area contributed by atoms with Crippen LogP contribution in [0.4, 0.5) is 0 Å². The van der Waals surface area contributed by atoms with Gasteiger partial charge in [0.1, 0.15) is 12.0 Å². The molecule has 0 aromatic heterocycles. The number of aryl methyl sites for hydroxylation is 1. The Kier molecular flexibility index (Phi) is 4.66. The zero-order chi connectivity index (χ0) is 19.7. The number of rotatable bonds is 5. The first-order valence-corrected chi connectivity index (χ1v) is 9.26. The van der Waals surface area contributed by atoms with Gasteiger partial charge in [0.25, 0.3) is 0 Å². The van der Waals surface area contributed by atoms with Crippen LogP contribution < -0.4 is 0 Å². The normalized spacial score (nSPS) is 15.2. The van der Waals surface area contributed by atoms with Crippen LogP contribution in [-0.2, 0) is 4.79 Å². The lowest BCUT2D eigenvalue weighted by atomic mass is 9.75. The fourth-order valence-electron chi connectivity index (χ4n) is 4.08. The Morgan fingerprint density at radius 2 is 1.43 bits per heavy atom. The molecule has 0 unspecified atom stereocenters. The summed E-state index contributed by atoms with van der Waals surface area (Å²) < 4.78 is 0. The summed E-state index contributed by atoms with van der Waals surface area (Å²) in [6.07, 6.45) is 0.885. The first kappa shape index (κ1) is 17.9. The molecule has 0 radical (unpaired) electrons. The molecule has 1 aliphatic rings. The SMILES string of the molecule is Cc1ccccc1[C@H](C=O)[C@H](C1=C(O)c2ccccc2C1=O)c1ccccc1. The van der Waals surface area contributed by atoms with Gasteiger partial charge in [0.2, 0.25) is 0 Å². The molecule has 138 valence electrons. The maximum atomic E-state index is 13.2. The van der Waals surface area contributed by atoms with Gasteiger partial charge in [-0.1, -0.05) is 78.9 Å². The number of hydrogen-bond acceptors (Lipinski definition) is 3. The van der Waals surface area contributed by atoms with E-state index in [9.17, 15) is 14.7 Å². The quantitative estimate of drug-likeness (QED) is 0.628. The van der Waals surface area contributed by atoms with E-state index in [-0.39, 0.29) is 17.1 Å². The number of carbonyl (C=O) groups is 2. The lowest BCUT2D eigenvalue weighted by Gasteiger charge is -2.26. The molecule has 3 aromatic rings. The lowest BCUT2D eigenvalue weighted by Crippen LogP contribution is -2.20. The van der Waals surface area contributed by atoms with Gasteiger partial charge in [0.05, 0.1) is 11.5 Å². The molecule has 0 amide bonds. The second-order valence-electron chi connectivity index (χ2n) is 7.04. The molecule has 28 heavy (non-hydrogen) atoms. The molecule has 3 heteroatoms. The second kappa shape index (κ2) is 7.28. The first-order valence-electron chi connectivity index (χ1n) is 9.26. The number of aldehydes is 1. The number of fused-ring (bicyclic) bond motifs is 1. The molecule has 0 saturated carbocycles. The third kappa shape index (κ3) is 2.85. The molecule has 1 aliphatic carbocycles. The lowest BCUT2D eigenvalue weighted by molar-refractivity contribution is -0.109. The molecular formula is C25H20O3. The van der Waals surface area contributed by atoms with Crippen LogP contribution in [0.5, 0.6) is 0 Å². The number of hydrogen-bond donors (Lipinski definition) is 1. The number of carbonyl (C=O) groups excluding carboxylic acids is 2. The van der Waals surface area contributed by atoms with Crippen molar-refractivity contribution in [1.82, 2.24) is 0 Å². The van der Waals surface area contributed by atoms with Gasteiger partial charge in [0, 0.05) is 17.0 Å². The first-order chi connectivity index (χ1) is 13.6. The minimum atomic E-state index is -0.584. The molecule has 4 rings (SSSR count). The van der Waals surface area contributed by atoms with Crippen molar-refractivity contribution in [3.63, 3.8) is 0 Å². The van der Waals surface area contributed by atoms with Gasteiger partial charge in [0.15, 0.2) is 5.78 Å². The average Bonchev–Trinajstić information content (AvgIpc) is 2.98. The van der Waals surface area contributed by atoms with E-state index >= 15 is 0 Å². The highest BCUT2D eigenvalue weighted by molar-refractivity contribution is 6.20. The van der Waals surface area contributed by atoms with E-state index in [1.807, 2.05) is 61.5 Å². The van der Waals surface area contributed by atoms with Crippen molar-refractivity contribution in [2.24, 2.45) is 0 Å². The molecule has 2 atom stereocenters. The maximum Gasteiger partial charge on any atom is 0.194 e. The third-order valence-electron chi connectivity index (χ3n) is 5.45. The third-order valence-corrected chi connectivity index (χ3v) is 5.45. The van der Waals surface area contributed by atoms with Crippen molar-refractivity contribution in [3.05, 3.63) is 112 Å². The Morgan fingerprint density at radius 3 is 2.07 bits per heavy atom. The molecule has 0 bridgehead atoms. The molecule has 3 aromatic carbocycles. The van der Waals surface area contributed by atoms with Crippen molar-refractivity contribution in [3.8, 4) is 0 Å². The van der Waals surface area contributed by atoms with Crippen LogP contribution in [0.1, 0.15) is 44.4 Å². The smallest absolute Gasteiger partial charge is 0.194 e. The summed E-state index contributed by atoms with van der Waals surface area (Å²) >= 11 is 0. The van der Waals surface area contributed by atoms with Crippen LogP contribution >= 0.6 is 0 Å². The highest BCUT2D eigenvalue weighted by Crippen LogP contribution is 2.45. The summed E-state index contributed by atoms with van der Waals surface area (Å²) in [6.45, 7) is 1.95. The van der Waals surface area contributed by atoms with E-state index in [1.54, 1.807) is 24.3 Å². The minimum Gasteiger partial charge on any atom is -0.507 e. The summed E-state index contributed by atoms with van der Waals surface area (Å²) in [5.74, 6) is -1.41. The van der Waals surface area contributed by atoms with E-state index < -0.39 is 11.8 Å². The Hall–Kier alpha value is -3.46. The van der Waals surface area contributed by atoms with Crippen LogP contribution in [0.2, 0.25) is 0 Å². The Morgan fingerprint density at radius 1 is 0.821 bits per heavy atom. The Balaban J connectivity index is 1.94. The highest BCUT2D eigenvalue weighted by Gasteiger charge is 2.39. The standard InChI is InChI=1S/C25H20O3/c1-16-9-5-6-12-18(16)21(15-26)22(17-10-3-2-4-11-17)23-24(27)19-13-7-8-14-20(19)25(23)28/h2-15,21-22,27H,1H3/t21-,22+/m0/s1. The van der Waals surface area contributed by atoms with Gasteiger partial charge in [-0.3, -0.25) is 4.79 Å². The summed E-state index contributed by atoms with van der Waals surface area (Å²) in [5, 5.41) is 10.9. The maximum absolute atomic E-state index is 13.2. The van der Waals surface area contributed by atoms with Crippen molar-refractivity contribution in [1.29, 1.82) is 0 Å². The fraction of sp³-hybridized carbons (Fsp3) is 0.120. The highest BCUT2D eigenvalue weighted by atomic mass is 16.3. The number of allylic oxidation sites excluding steroid dienone is 1. The van der Waals surface area contributed by atoms with Crippen molar-refractivity contribution in [2.45, 2.75) is 18.8 Å². The van der Waals surface area contributed by atoms with E-state index in [2.05, 4.69) is 0 Å². The van der Waals surface area contributed by atoms with Crippen LogP contribution in [0, 0.1) is 6.92 Å². The predicted octanol–water partition coefficient (Wildman–Crippen LogP) is 5.23. The molecule has 1 N–H and O–H groups in total. The molecule has 0 heterocycles. The average molecular weight is 368 g/mol. The summed E-state index contributed by atoms with van der Waals surface area (Å²) in [4.78, 5) is 25.5. The summed E-state index contributed by atoms with van der Waals surface area (Å²) in [5.41, 5.74) is 3.94. The number of aliphatic hydroxyl groups excluding tert-OH is 1. The number of Topliss-reactive ketones (excluding diaryl/α,β-unsaturated/α-hetero) is 1. The van der Waals surface area contributed by atoms with Crippen molar-refractivity contribution < 1.29 is 14.7 Å². The molecule has 0 spiro atoms. The van der Waals surface area contributed by atoms with Gasteiger partial charge in [-0.05, 0) is 23.6 Å². The molecule has 3 nitrogen and oxygen atoms in total. The van der Waals surface area contributed by atoms with E-state index in [0.29, 0.717) is 11.1 Å². The minimum absolute atomic E-state index is 0.0325. The Labute approximate surface area is 164 Å². The summed E-state index contributed by atoms with van der Waals surface area (Å²) in [7, 11) is 0. The van der Waals surface area contributed by atoms with E-state index in [1.165, 1.54) is 0 Å². The summed E-state index contributed by atoms with van der Waals surface area (Å²) in [6, 6.07) is 24.2. The zero-order valence-electron chi connectivity index (χ0n) is 15.5. The van der Waals surface area contributed by atoms with Gasteiger partial charge in [-0.15, -0.1) is 0 Å². The zero-order valence-corrected chi connectivity index (χ0v) is 15.5. The molecular weight excluding hydrogens is 348 g/mol. The van der Waals surface area contributed by atoms with Gasteiger partial charge in [-0.25, -0.2) is 0 Å². The van der Waals surface area contributed by atoms with E-state index in [4.69, 9.17) is 0 Å². The molecule has 0 aliphatic heterocycles. The van der Waals surface area contributed by atoms with Crippen LogP contribution in [0.25, 0.3) is 5.76 Å². The van der Waals surface area contributed by atoms with Crippen LogP contribution in [0.15, 0.2) is 84.4 Å². The predicted molar refractivity (Wildman–Crippen MR) is 109 cm³/mol. The number of ketones is 1. The number of aliphatic hydroxyl groups is 1.